The summed E-state index contributed by atoms with van der Waals surface area (Å²) in [6.07, 6.45) is 6.24. The van der Waals surface area contributed by atoms with E-state index in [0.29, 0.717) is 24.1 Å². The lowest BCUT2D eigenvalue weighted by Gasteiger charge is -2.09. The highest BCUT2D eigenvalue weighted by atomic mass is 16.5. The van der Waals surface area contributed by atoms with Crippen LogP contribution in [0.15, 0.2) is 59.8 Å². The topological polar surface area (TPSA) is 74.1 Å². The number of hydrogen-bond donors (Lipinski definition) is 0. The van der Waals surface area contributed by atoms with Gasteiger partial charge >= 0.3 is 5.97 Å². The molecule has 0 N–H and O–H groups in total. The van der Waals surface area contributed by atoms with Gasteiger partial charge in [-0.25, -0.2) is 4.98 Å². The number of aromatic nitrogens is 3. The molecule has 24 heavy (non-hydrogen) atoms. The smallest absolute Gasteiger partial charge is 0.326 e. The summed E-state index contributed by atoms with van der Waals surface area (Å²) in [7, 11) is 0. The summed E-state index contributed by atoms with van der Waals surface area (Å²) in [4.78, 5) is 32.1. The van der Waals surface area contributed by atoms with E-state index in [-0.39, 0.29) is 12.1 Å². The second-order valence-corrected chi connectivity index (χ2v) is 5.36. The average molecular weight is 323 g/mol. The van der Waals surface area contributed by atoms with Crippen LogP contribution in [-0.4, -0.2) is 27.1 Å². The van der Waals surface area contributed by atoms with Crippen LogP contribution in [0.3, 0.4) is 0 Å². The van der Waals surface area contributed by atoms with Gasteiger partial charge in [-0.1, -0.05) is 18.2 Å². The fourth-order valence-electron chi connectivity index (χ4n) is 2.46. The second kappa shape index (κ2) is 7.50. The van der Waals surface area contributed by atoms with Crippen LogP contribution in [0.1, 0.15) is 12.0 Å². The van der Waals surface area contributed by atoms with Gasteiger partial charge in [-0.15, -0.1) is 0 Å². The largest absolute Gasteiger partial charge is 0.464 e. The van der Waals surface area contributed by atoms with Crippen LogP contribution < -0.4 is 5.56 Å². The summed E-state index contributed by atoms with van der Waals surface area (Å²) in [6.45, 7) is 0.195. The zero-order chi connectivity index (χ0) is 16.8. The number of pyridine rings is 1. The summed E-state index contributed by atoms with van der Waals surface area (Å²) in [5, 5.41) is 0. The molecule has 6 heteroatoms. The van der Waals surface area contributed by atoms with E-state index in [1.807, 2.05) is 18.2 Å². The summed E-state index contributed by atoms with van der Waals surface area (Å²) in [6, 6.07) is 11.1. The molecule has 0 aliphatic heterocycles. The van der Waals surface area contributed by atoms with E-state index in [4.69, 9.17) is 4.74 Å². The number of esters is 1. The fourth-order valence-corrected chi connectivity index (χ4v) is 2.46. The Morgan fingerprint density at radius 1 is 1.12 bits per heavy atom. The van der Waals surface area contributed by atoms with Gasteiger partial charge in [-0.05, 0) is 36.6 Å². The van der Waals surface area contributed by atoms with Crippen molar-refractivity contribution in [1.82, 2.24) is 14.5 Å². The van der Waals surface area contributed by atoms with Gasteiger partial charge < -0.3 is 4.74 Å². The Morgan fingerprint density at radius 2 is 2.00 bits per heavy atom. The van der Waals surface area contributed by atoms with Gasteiger partial charge in [-0.3, -0.25) is 19.1 Å². The predicted molar refractivity (Wildman–Crippen MR) is 89.5 cm³/mol. The fraction of sp³-hybridized carbons (Fsp3) is 0.222. The highest BCUT2D eigenvalue weighted by molar-refractivity contribution is 5.77. The number of rotatable bonds is 6. The number of benzene rings is 1. The molecule has 0 aliphatic carbocycles. The highest BCUT2D eigenvalue weighted by Gasteiger charge is 2.09. The van der Waals surface area contributed by atoms with Crippen molar-refractivity contribution >= 4 is 17.0 Å². The van der Waals surface area contributed by atoms with E-state index in [0.717, 1.165) is 12.0 Å². The third-order valence-corrected chi connectivity index (χ3v) is 3.64. The number of fused-ring (bicyclic) bond motifs is 1. The average Bonchev–Trinajstić information content (AvgIpc) is 2.62. The van der Waals surface area contributed by atoms with Crippen molar-refractivity contribution in [2.75, 3.05) is 6.61 Å². The minimum absolute atomic E-state index is 0.116. The van der Waals surface area contributed by atoms with Crippen molar-refractivity contribution in [1.29, 1.82) is 0 Å². The Kier molecular flexibility index (Phi) is 4.96. The molecule has 3 aromatic rings. The first-order chi connectivity index (χ1) is 11.7. The minimum atomic E-state index is -0.431. The quantitative estimate of drug-likeness (QED) is 0.512. The number of carbonyl (C=O) groups is 1. The molecule has 1 aromatic carbocycles. The number of hydrogen-bond acceptors (Lipinski definition) is 5. The summed E-state index contributed by atoms with van der Waals surface area (Å²) < 4.78 is 6.61. The predicted octanol–water partition coefficient (Wildman–Crippen LogP) is 1.97. The van der Waals surface area contributed by atoms with Crippen molar-refractivity contribution in [2.45, 2.75) is 19.4 Å². The van der Waals surface area contributed by atoms with Crippen molar-refractivity contribution in [3.63, 3.8) is 0 Å². The number of para-hydroxylation sites is 2. The molecule has 2 aromatic heterocycles. The molecular formula is C18H17N3O3. The Hall–Kier alpha value is -3.02. The second-order valence-electron chi connectivity index (χ2n) is 5.36. The molecular weight excluding hydrogens is 306 g/mol. The van der Waals surface area contributed by atoms with Gasteiger partial charge in [0.15, 0.2) is 0 Å². The maximum atomic E-state index is 12.0. The SMILES string of the molecule is O=C(Cn1c(=O)cnc2ccccc21)OCCCc1cccnc1. The maximum Gasteiger partial charge on any atom is 0.326 e. The lowest BCUT2D eigenvalue weighted by Crippen LogP contribution is -2.26. The molecule has 6 nitrogen and oxygen atoms in total. The van der Waals surface area contributed by atoms with E-state index in [9.17, 15) is 9.59 Å². The first-order valence-electron chi connectivity index (χ1n) is 7.73. The molecule has 2 heterocycles. The first-order valence-corrected chi connectivity index (χ1v) is 7.73. The minimum Gasteiger partial charge on any atom is -0.464 e. The molecule has 0 unspecified atom stereocenters. The molecule has 0 radical (unpaired) electrons. The maximum absolute atomic E-state index is 12.0. The number of carbonyl (C=O) groups excluding carboxylic acids is 1. The Morgan fingerprint density at radius 3 is 2.83 bits per heavy atom. The summed E-state index contributed by atoms with van der Waals surface area (Å²) in [5.74, 6) is -0.431. The first kappa shape index (κ1) is 15.9. The van der Waals surface area contributed by atoms with Gasteiger partial charge in [0.2, 0.25) is 0 Å². The van der Waals surface area contributed by atoms with Gasteiger partial charge in [-0.2, -0.15) is 0 Å². The van der Waals surface area contributed by atoms with Gasteiger partial charge in [0.05, 0.1) is 23.8 Å². The van der Waals surface area contributed by atoms with Crippen LogP contribution in [0.2, 0.25) is 0 Å². The molecule has 3 rings (SSSR count). The molecule has 0 amide bonds. The van der Waals surface area contributed by atoms with Crippen molar-refractivity contribution in [3.05, 3.63) is 70.9 Å². The molecule has 0 saturated heterocycles. The van der Waals surface area contributed by atoms with Crippen LogP contribution in [0.4, 0.5) is 0 Å². The van der Waals surface area contributed by atoms with Crippen LogP contribution >= 0.6 is 0 Å². The Labute approximate surface area is 138 Å². The zero-order valence-electron chi connectivity index (χ0n) is 13.1. The van der Waals surface area contributed by atoms with Crippen molar-refractivity contribution < 1.29 is 9.53 Å². The van der Waals surface area contributed by atoms with Gasteiger partial charge in [0, 0.05) is 12.4 Å². The van der Waals surface area contributed by atoms with E-state index >= 15 is 0 Å². The molecule has 0 fully saturated rings. The summed E-state index contributed by atoms with van der Waals surface area (Å²) >= 11 is 0. The molecule has 0 atom stereocenters. The van der Waals surface area contributed by atoms with Gasteiger partial charge in [0.25, 0.3) is 5.56 Å². The van der Waals surface area contributed by atoms with Crippen LogP contribution in [-0.2, 0) is 22.5 Å². The van der Waals surface area contributed by atoms with Gasteiger partial charge in [0.1, 0.15) is 6.54 Å². The Balaban J connectivity index is 1.57. The van der Waals surface area contributed by atoms with Crippen LogP contribution in [0.5, 0.6) is 0 Å². The highest BCUT2D eigenvalue weighted by Crippen LogP contribution is 2.08. The lowest BCUT2D eigenvalue weighted by molar-refractivity contribution is -0.144. The van der Waals surface area contributed by atoms with E-state index in [2.05, 4.69) is 9.97 Å². The van der Waals surface area contributed by atoms with Crippen LogP contribution in [0, 0.1) is 0 Å². The Bertz CT molecular complexity index is 891. The standard InChI is InChI=1S/C18H17N3O3/c22-17-12-20-15-7-1-2-8-16(15)21(17)13-18(23)24-10-4-6-14-5-3-9-19-11-14/h1-3,5,7-9,11-12H,4,6,10,13H2. The van der Waals surface area contributed by atoms with Crippen molar-refractivity contribution in [2.24, 2.45) is 0 Å². The molecule has 0 aliphatic rings. The molecule has 0 saturated carbocycles. The zero-order valence-corrected chi connectivity index (χ0v) is 13.1. The van der Waals surface area contributed by atoms with E-state index in [1.54, 1.807) is 30.6 Å². The monoisotopic (exact) mass is 323 g/mol. The number of ether oxygens (including phenoxy) is 1. The number of nitrogens with zero attached hydrogens (tertiary/aromatic N) is 3. The lowest BCUT2D eigenvalue weighted by atomic mass is 10.2. The van der Waals surface area contributed by atoms with Crippen LogP contribution in [0.25, 0.3) is 11.0 Å². The summed E-state index contributed by atoms with van der Waals surface area (Å²) in [5.41, 5.74) is 2.07. The normalized spacial score (nSPS) is 10.7. The third kappa shape index (κ3) is 3.84. The third-order valence-electron chi connectivity index (χ3n) is 3.64. The molecule has 122 valence electrons. The van der Waals surface area contributed by atoms with E-state index < -0.39 is 5.97 Å². The van der Waals surface area contributed by atoms with Crippen molar-refractivity contribution in [3.8, 4) is 0 Å². The molecule has 0 spiro atoms. The molecule has 0 bridgehead atoms. The van der Waals surface area contributed by atoms with E-state index in [1.165, 1.54) is 10.8 Å². The number of aryl methyl sites for hydroxylation is 1.